The quantitative estimate of drug-likeness (QED) is 0.366. The van der Waals surface area contributed by atoms with Gasteiger partial charge in [0.25, 0.3) is 0 Å². The number of benzene rings is 3. The maximum atomic E-state index is 13.5. The highest BCUT2D eigenvalue weighted by Gasteiger charge is 2.37. The Morgan fingerprint density at radius 1 is 0.972 bits per heavy atom. The van der Waals surface area contributed by atoms with Crippen LogP contribution in [0.3, 0.4) is 0 Å². The zero-order chi connectivity index (χ0) is 24.9. The molecule has 0 saturated carbocycles. The van der Waals surface area contributed by atoms with Crippen LogP contribution in [0.5, 0.6) is 11.5 Å². The number of carbonyl (C=O) groups is 1. The lowest BCUT2D eigenvalue weighted by atomic mass is 9.86. The van der Waals surface area contributed by atoms with Gasteiger partial charge in [0.2, 0.25) is 0 Å². The first-order valence-electron chi connectivity index (χ1n) is 12.4. The Bertz CT molecular complexity index is 1180. The average Bonchev–Trinajstić information content (AvgIpc) is 2.92. The minimum Gasteiger partial charge on any atom is -0.493 e. The van der Waals surface area contributed by atoms with E-state index in [4.69, 9.17) is 25.8 Å². The fraction of sp³-hybridized carbons (Fsp3) is 0.345. The van der Waals surface area contributed by atoms with Crippen molar-refractivity contribution in [3.63, 3.8) is 0 Å². The van der Waals surface area contributed by atoms with Gasteiger partial charge in [0.15, 0.2) is 11.5 Å². The zero-order valence-electron chi connectivity index (χ0n) is 20.4. The van der Waals surface area contributed by atoms with E-state index in [9.17, 15) is 4.79 Å². The minimum absolute atomic E-state index is 0.0787. The van der Waals surface area contributed by atoms with Gasteiger partial charge in [0.1, 0.15) is 12.7 Å². The maximum Gasteiger partial charge on any atom is 0.414 e. The Kier molecular flexibility index (Phi) is 7.63. The number of nitrogens with zero attached hydrogens (tertiary/aromatic N) is 2. The van der Waals surface area contributed by atoms with Crippen LogP contribution in [-0.2, 0) is 17.9 Å². The first kappa shape index (κ1) is 24.5. The minimum atomic E-state index is -0.362. The summed E-state index contributed by atoms with van der Waals surface area (Å²) in [5.41, 5.74) is 2.66. The molecule has 6 nitrogen and oxygen atoms in total. The van der Waals surface area contributed by atoms with E-state index < -0.39 is 0 Å². The number of fused-ring (bicyclic) bond motifs is 3. The molecule has 0 N–H and O–H groups in total. The third kappa shape index (κ3) is 5.77. The molecule has 0 radical (unpaired) electrons. The van der Waals surface area contributed by atoms with E-state index in [2.05, 4.69) is 4.90 Å². The molecule has 36 heavy (non-hydrogen) atoms. The summed E-state index contributed by atoms with van der Waals surface area (Å²) in [5.74, 6) is 1.69. The van der Waals surface area contributed by atoms with Gasteiger partial charge in [-0.2, -0.15) is 0 Å². The molecule has 3 saturated heterocycles. The number of anilines is 1. The van der Waals surface area contributed by atoms with Crippen molar-refractivity contribution >= 4 is 23.4 Å². The van der Waals surface area contributed by atoms with Gasteiger partial charge in [0, 0.05) is 17.3 Å². The summed E-state index contributed by atoms with van der Waals surface area (Å²) in [5, 5.41) is 0.565. The molecule has 0 aliphatic carbocycles. The lowest BCUT2D eigenvalue weighted by Crippen LogP contribution is -2.53. The van der Waals surface area contributed by atoms with E-state index in [1.54, 1.807) is 24.1 Å². The highest BCUT2D eigenvalue weighted by molar-refractivity contribution is 6.30. The van der Waals surface area contributed by atoms with Gasteiger partial charge in [-0.25, -0.2) is 4.79 Å². The van der Waals surface area contributed by atoms with Crippen LogP contribution in [-0.4, -0.2) is 43.8 Å². The van der Waals surface area contributed by atoms with Gasteiger partial charge >= 0.3 is 6.09 Å². The highest BCUT2D eigenvalue weighted by Crippen LogP contribution is 2.33. The summed E-state index contributed by atoms with van der Waals surface area (Å²) in [6, 6.07) is 23.0. The SMILES string of the molecule is COc1cc(CN(C(=O)OC2CN3CCC2CC3)c2cccc(Cl)c2)ccc1OCc1ccccc1. The van der Waals surface area contributed by atoms with E-state index in [-0.39, 0.29) is 12.2 Å². The molecular formula is C29H31ClN2O4. The fourth-order valence-corrected chi connectivity index (χ4v) is 5.17. The predicted octanol–water partition coefficient (Wildman–Crippen LogP) is 6.17. The standard InChI is InChI=1S/C29H31ClN2O4/c1-34-27-16-22(10-11-26(27)35-20-21-6-3-2-4-7-21)18-32(25-9-5-8-24(30)17-25)29(33)36-28-19-31-14-12-23(28)13-15-31/h2-11,16-17,23,28H,12-15,18-20H2,1H3. The number of carbonyl (C=O) groups excluding carboxylic acids is 1. The number of piperidine rings is 3. The van der Waals surface area contributed by atoms with Gasteiger partial charge in [-0.1, -0.05) is 54.1 Å². The molecule has 3 fully saturated rings. The first-order valence-corrected chi connectivity index (χ1v) is 12.8. The second-order valence-electron chi connectivity index (χ2n) is 9.39. The largest absolute Gasteiger partial charge is 0.493 e. The molecule has 188 valence electrons. The molecule has 3 aliphatic rings. The second-order valence-corrected chi connectivity index (χ2v) is 9.82. The van der Waals surface area contributed by atoms with Gasteiger partial charge in [0.05, 0.1) is 13.7 Å². The van der Waals surface area contributed by atoms with E-state index in [1.165, 1.54) is 0 Å². The van der Waals surface area contributed by atoms with E-state index in [0.29, 0.717) is 41.3 Å². The van der Waals surface area contributed by atoms with Crippen LogP contribution in [0.4, 0.5) is 10.5 Å². The molecule has 1 atom stereocenters. The summed E-state index contributed by atoms with van der Waals surface area (Å²) in [6.07, 6.45) is 1.72. The Labute approximate surface area is 217 Å². The van der Waals surface area contributed by atoms with Crippen molar-refractivity contribution in [2.24, 2.45) is 5.92 Å². The van der Waals surface area contributed by atoms with Crippen LogP contribution in [0.15, 0.2) is 72.8 Å². The molecule has 3 aromatic carbocycles. The van der Waals surface area contributed by atoms with Crippen LogP contribution >= 0.6 is 11.6 Å². The maximum absolute atomic E-state index is 13.5. The van der Waals surface area contributed by atoms with Crippen molar-refractivity contribution in [1.82, 2.24) is 4.90 Å². The third-order valence-corrected chi connectivity index (χ3v) is 7.23. The summed E-state index contributed by atoms with van der Waals surface area (Å²) >= 11 is 6.27. The number of amides is 1. The molecular weight excluding hydrogens is 476 g/mol. The molecule has 0 spiro atoms. The smallest absolute Gasteiger partial charge is 0.414 e. The van der Waals surface area contributed by atoms with Crippen LogP contribution in [0, 0.1) is 5.92 Å². The van der Waals surface area contributed by atoms with E-state index in [1.807, 2.05) is 60.7 Å². The second kappa shape index (κ2) is 11.2. The van der Waals surface area contributed by atoms with Crippen molar-refractivity contribution < 1.29 is 19.0 Å². The van der Waals surface area contributed by atoms with Crippen LogP contribution in [0.2, 0.25) is 5.02 Å². The number of methoxy groups -OCH3 is 1. The lowest BCUT2D eigenvalue weighted by Gasteiger charge is -2.44. The van der Waals surface area contributed by atoms with Gasteiger partial charge < -0.3 is 14.2 Å². The number of hydrogen-bond acceptors (Lipinski definition) is 5. The topological polar surface area (TPSA) is 51.2 Å². The number of hydrogen-bond donors (Lipinski definition) is 0. The van der Waals surface area contributed by atoms with Crippen molar-refractivity contribution in [1.29, 1.82) is 0 Å². The normalized spacial score (nSPS) is 20.6. The average molecular weight is 507 g/mol. The van der Waals surface area contributed by atoms with Gasteiger partial charge in [-0.05, 0) is 73.3 Å². The van der Waals surface area contributed by atoms with Crippen LogP contribution in [0.25, 0.3) is 0 Å². The molecule has 7 heteroatoms. The molecule has 3 aliphatic heterocycles. The van der Waals surface area contributed by atoms with Crippen molar-refractivity contribution in [3.8, 4) is 11.5 Å². The summed E-state index contributed by atoms with van der Waals surface area (Å²) < 4.78 is 17.7. The molecule has 2 bridgehead atoms. The number of halogens is 1. The first-order chi connectivity index (χ1) is 17.6. The van der Waals surface area contributed by atoms with Crippen molar-refractivity contribution in [2.75, 3.05) is 31.6 Å². The number of rotatable bonds is 8. The van der Waals surface area contributed by atoms with E-state index >= 15 is 0 Å². The Hall–Kier alpha value is -3.22. The molecule has 1 amide bonds. The summed E-state index contributed by atoms with van der Waals surface area (Å²) in [4.78, 5) is 17.5. The van der Waals surface area contributed by atoms with Crippen molar-refractivity contribution in [3.05, 3.63) is 88.9 Å². The predicted molar refractivity (Wildman–Crippen MR) is 141 cm³/mol. The highest BCUT2D eigenvalue weighted by atomic mass is 35.5. The Balaban J connectivity index is 1.34. The molecule has 0 aromatic heterocycles. The van der Waals surface area contributed by atoms with E-state index in [0.717, 1.165) is 43.6 Å². The Morgan fingerprint density at radius 3 is 2.47 bits per heavy atom. The number of ether oxygens (including phenoxy) is 3. The van der Waals surface area contributed by atoms with Gasteiger partial charge in [-0.3, -0.25) is 9.80 Å². The molecule has 3 heterocycles. The van der Waals surface area contributed by atoms with Crippen LogP contribution < -0.4 is 14.4 Å². The van der Waals surface area contributed by atoms with Gasteiger partial charge in [-0.15, -0.1) is 0 Å². The Morgan fingerprint density at radius 2 is 1.78 bits per heavy atom. The lowest BCUT2D eigenvalue weighted by molar-refractivity contribution is -0.0311. The zero-order valence-corrected chi connectivity index (χ0v) is 21.2. The monoisotopic (exact) mass is 506 g/mol. The molecule has 6 rings (SSSR count). The van der Waals surface area contributed by atoms with Crippen molar-refractivity contribution in [2.45, 2.75) is 32.1 Å². The third-order valence-electron chi connectivity index (χ3n) is 6.99. The van der Waals surface area contributed by atoms with Crippen LogP contribution in [0.1, 0.15) is 24.0 Å². The summed E-state index contributed by atoms with van der Waals surface area (Å²) in [7, 11) is 1.62. The molecule has 1 unspecified atom stereocenters. The summed E-state index contributed by atoms with van der Waals surface area (Å²) in [6.45, 7) is 3.75. The fourth-order valence-electron chi connectivity index (χ4n) is 4.99. The molecule has 3 aromatic rings.